The van der Waals surface area contributed by atoms with Crippen LogP contribution in [0, 0.1) is 6.92 Å². The fourth-order valence-electron chi connectivity index (χ4n) is 2.11. The average Bonchev–Trinajstić information content (AvgIpc) is 3.34. The lowest BCUT2D eigenvalue weighted by atomic mass is 10.2. The van der Waals surface area contributed by atoms with Gasteiger partial charge in [0.15, 0.2) is 4.34 Å². The normalized spacial score (nSPS) is 11.5. The highest BCUT2D eigenvalue weighted by Crippen LogP contribution is 2.26. The van der Waals surface area contributed by atoms with Crippen LogP contribution in [0.5, 0.6) is 0 Å². The summed E-state index contributed by atoms with van der Waals surface area (Å²) in [7, 11) is -0.703. The minimum absolute atomic E-state index is 0.0885. The van der Waals surface area contributed by atoms with E-state index in [9.17, 15) is 18.0 Å². The molecule has 0 unspecified atom stereocenters. The Bertz CT molecular complexity index is 1190. The Hall–Kier alpha value is -2.46. The van der Waals surface area contributed by atoms with Gasteiger partial charge in [-0.15, -0.1) is 20.4 Å². The van der Waals surface area contributed by atoms with Gasteiger partial charge in [0, 0.05) is 19.7 Å². The zero-order valence-electron chi connectivity index (χ0n) is 16.5. The second kappa shape index (κ2) is 9.78. The number of nitrogens with one attached hydrogen (secondary N) is 2. The number of hydrogen-bond donors (Lipinski definition) is 2. The monoisotopic (exact) mass is 499 g/mol. The van der Waals surface area contributed by atoms with E-state index in [2.05, 4.69) is 31.0 Å². The maximum atomic E-state index is 12.4. The zero-order valence-corrected chi connectivity index (χ0v) is 19.8. The van der Waals surface area contributed by atoms with Gasteiger partial charge in [-0.05, 0) is 31.2 Å². The lowest BCUT2D eigenvalue weighted by molar-refractivity contribution is -0.113. The van der Waals surface area contributed by atoms with E-state index in [1.807, 2.05) is 0 Å². The molecule has 0 spiro atoms. The van der Waals surface area contributed by atoms with E-state index >= 15 is 0 Å². The number of hydrogen-bond acceptors (Lipinski definition) is 11. The first-order valence-electron chi connectivity index (χ1n) is 8.55. The molecular formula is C16H17N7O4S4. The number of anilines is 2. The molecule has 0 fully saturated rings. The molecule has 2 N–H and O–H groups in total. The van der Waals surface area contributed by atoms with Gasteiger partial charge in [0.25, 0.3) is 5.91 Å². The van der Waals surface area contributed by atoms with Gasteiger partial charge in [-0.3, -0.25) is 20.2 Å². The van der Waals surface area contributed by atoms with E-state index < -0.39 is 15.9 Å². The molecule has 0 bridgehead atoms. The molecule has 0 atom stereocenters. The molecule has 2 heterocycles. The molecule has 1 aromatic carbocycles. The fourth-order valence-corrected chi connectivity index (χ4v) is 5.16. The average molecular weight is 500 g/mol. The third-order valence-corrected chi connectivity index (χ3v) is 8.18. The van der Waals surface area contributed by atoms with Crippen LogP contribution in [0.1, 0.15) is 15.4 Å². The SMILES string of the molecule is Cc1nnc(NC(=O)CSc2nnc(NC(=O)c3ccc(S(=O)(=O)N(C)C)cc3)s2)s1. The van der Waals surface area contributed by atoms with Gasteiger partial charge in [0.1, 0.15) is 5.01 Å². The first-order valence-corrected chi connectivity index (χ1v) is 12.6. The maximum absolute atomic E-state index is 12.4. The first kappa shape index (κ1) is 23.2. The largest absolute Gasteiger partial charge is 0.300 e. The molecule has 0 aliphatic heterocycles. The van der Waals surface area contributed by atoms with Gasteiger partial charge in [0.2, 0.25) is 26.2 Å². The van der Waals surface area contributed by atoms with Crippen molar-refractivity contribution >= 4 is 66.5 Å². The minimum Gasteiger partial charge on any atom is -0.300 e. The van der Waals surface area contributed by atoms with Crippen LogP contribution in [-0.4, -0.2) is 64.8 Å². The van der Waals surface area contributed by atoms with Gasteiger partial charge in [-0.25, -0.2) is 12.7 Å². The summed E-state index contributed by atoms with van der Waals surface area (Å²) in [4.78, 5) is 24.4. The molecule has 0 saturated carbocycles. The van der Waals surface area contributed by atoms with Crippen molar-refractivity contribution in [3.05, 3.63) is 34.8 Å². The first-order chi connectivity index (χ1) is 14.6. The van der Waals surface area contributed by atoms with Gasteiger partial charge in [-0.2, -0.15) is 0 Å². The Kier molecular flexibility index (Phi) is 7.32. The summed E-state index contributed by atoms with van der Waals surface area (Å²) >= 11 is 3.57. The van der Waals surface area contributed by atoms with Crippen LogP contribution in [0.3, 0.4) is 0 Å². The van der Waals surface area contributed by atoms with E-state index in [0.29, 0.717) is 9.47 Å². The van der Waals surface area contributed by atoms with Crippen LogP contribution in [0.4, 0.5) is 10.3 Å². The van der Waals surface area contributed by atoms with Gasteiger partial charge in [-0.1, -0.05) is 34.4 Å². The number of carbonyl (C=O) groups excluding carboxylic acids is 2. The number of rotatable bonds is 8. The Labute approximate surface area is 190 Å². The van der Waals surface area contributed by atoms with Crippen molar-refractivity contribution in [1.29, 1.82) is 0 Å². The third kappa shape index (κ3) is 6.04. The second-order valence-electron chi connectivity index (χ2n) is 6.10. The smallest absolute Gasteiger partial charge is 0.257 e. The van der Waals surface area contributed by atoms with Crippen molar-refractivity contribution in [3.8, 4) is 0 Å². The third-order valence-electron chi connectivity index (χ3n) is 3.62. The quantitative estimate of drug-likeness (QED) is 0.350. The molecule has 164 valence electrons. The Morgan fingerprint density at radius 1 is 1.00 bits per heavy atom. The van der Waals surface area contributed by atoms with Crippen molar-refractivity contribution in [2.45, 2.75) is 16.2 Å². The molecule has 2 amide bonds. The van der Waals surface area contributed by atoms with Crippen molar-refractivity contribution in [2.24, 2.45) is 0 Å². The molecule has 0 aliphatic carbocycles. The van der Waals surface area contributed by atoms with Crippen molar-refractivity contribution < 1.29 is 18.0 Å². The van der Waals surface area contributed by atoms with Crippen LogP contribution in [-0.2, 0) is 14.8 Å². The van der Waals surface area contributed by atoms with Crippen molar-refractivity contribution in [1.82, 2.24) is 24.7 Å². The van der Waals surface area contributed by atoms with Crippen LogP contribution in [0.2, 0.25) is 0 Å². The number of benzene rings is 1. The van der Waals surface area contributed by atoms with Crippen molar-refractivity contribution in [2.75, 3.05) is 30.5 Å². The number of sulfonamides is 1. The summed E-state index contributed by atoms with van der Waals surface area (Å²) < 4.78 is 25.8. The predicted molar refractivity (Wildman–Crippen MR) is 119 cm³/mol. The Morgan fingerprint density at radius 3 is 2.26 bits per heavy atom. The lowest BCUT2D eigenvalue weighted by Gasteiger charge is -2.11. The Balaban J connectivity index is 1.54. The van der Waals surface area contributed by atoms with E-state index in [0.717, 1.165) is 20.6 Å². The topological polar surface area (TPSA) is 147 Å². The molecule has 31 heavy (non-hydrogen) atoms. The molecule has 0 aliphatic rings. The zero-order chi connectivity index (χ0) is 22.6. The molecule has 11 nitrogen and oxygen atoms in total. The molecule has 0 saturated heterocycles. The molecule has 3 rings (SSSR count). The Morgan fingerprint density at radius 2 is 1.65 bits per heavy atom. The number of nitrogens with zero attached hydrogens (tertiary/aromatic N) is 5. The van der Waals surface area contributed by atoms with Crippen LogP contribution >= 0.6 is 34.4 Å². The molecule has 0 radical (unpaired) electrons. The van der Waals surface area contributed by atoms with E-state index in [4.69, 9.17) is 0 Å². The highest BCUT2D eigenvalue weighted by molar-refractivity contribution is 8.01. The van der Waals surface area contributed by atoms with Crippen LogP contribution in [0.15, 0.2) is 33.5 Å². The number of carbonyl (C=O) groups is 2. The number of aryl methyl sites for hydroxylation is 1. The van der Waals surface area contributed by atoms with Gasteiger partial charge < -0.3 is 0 Å². The molecular weight excluding hydrogens is 482 g/mol. The lowest BCUT2D eigenvalue weighted by Crippen LogP contribution is -2.22. The molecule has 3 aromatic rings. The summed E-state index contributed by atoms with van der Waals surface area (Å²) in [5.41, 5.74) is 0.272. The number of aromatic nitrogens is 4. The standard InChI is InChI=1S/C16H17N7O4S4/c1-9-19-20-14(29-9)17-12(24)8-28-16-22-21-15(30-16)18-13(25)10-4-6-11(7-5-10)31(26,27)23(2)3/h4-7H,8H2,1-3H3,(H,17,20,24)(H,18,21,25). The second-order valence-corrected chi connectivity index (χ2v) is 11.6. The summed E-state index contributed by atoms with van der Waals surface area (Å²) in [5, 5.41) is 22.2. The van der Waals surface area contributed by atoms with E-state index in [1.165, 1.54) is 61.5 Å². The van der Waals surface area contributed by atoms with Gasteiger partial charge >= 0.3 is 0 Å². The van der Waals surface area contributed by atoms with E-state index in [1.54, 1.807) is 6.92 Å². The van der Waals surface area contributed by atoms with Crippen LogP contribution in [0.25, 0.3) is 0 Å². The van der Waals surface area contributed by atoms with Crippen LogP contribution < -0.4 is 10.6 Å². The fraction of sp³-hybridized carbons (Fsp3) is 0.250. The summed E-state index contributed by atoms with van der Waals surface area (Å²) in [6, 6.07) is 5.57. The highest BCUT2D eigenvalue weighted by Gasteiger charge is 2.18. The number of thioether (sulfide) groups is 1. The number of amides is 2. The molecule has 15 heteroatoms. The summed E-state index contributed by atoms with van der Waals surface area (Å²) in [6.45, 7) is 1.79. The highest BCUT2D eigenvalue weighted by atomic mass is 32.2. The molecule has 2 aromatic heterocycles. The maximum Gasteiger partial charge on any atom is 0.257 e. The predicted octanol–water partition coefficient (Wildman–Crippen LogP) is 1.93. The minimum atomic E-state index is -3.57. The van der Waals surface area contributed by atoms with E-state index in [-0.39, 0.29) is 27.3 Å². The van der Waals surface area contributed by atoms with Crippen molar-refractivity contribution in [3.63, 3.8) is 0 Å². The summed E-state index contributed by atoms with van der Waals surface area (Å²) in [6.07, 6.45) is 0. The van der Waals surface area contributed by atoms with Gasteiger partial charge in [0.05, 0.1) is 10.6 Å². The summed E-state index contributed by atoms with van der Waals surface area (Å²) in [5.74, 6) is -0.608.